The van der Waals surface area contributed by atoms with Crippen LogP contribution in [-0.4, -0.2) is 18.1 Å². The van der Waals surface area contributed by atoms with Gasteiger partial charge in [0.15, 0.2) is 5.75 Å². The van der Waals surface area contributed by atoms with Crippen LogP contribution in [0.15, 0.2) is 12.1 Å². The average molecular weight is 278 g/mol. The van der Waals surface area contributed by atoms with Gasteiger partial charge in [-0.3, -0.25) is 0 Å². The van der Waals surface area contributed by atoms with E-state index in [-0.39, 0.29) is 0 Å². The van der Waals surface area contributed by atoms with Gasteiger partial charge in [0.1, 0.15) is 10.3 Å². The molecule has 12 heavy (non-hydrogen) atoms. The molecule has 0 aliphatic carbocycles. The van der Waals surface area contributed by atoms with Gasteiger partial charge in [0.2, 0.25) is 0 Å². The Morgan fingerprint density at radius 3 is 2.92 bits per heavy atom. The Morgan fingerprint density at radius 1 is 1.58 bits per heavy atom. The quantitative estimate of drug-likeness (QED) is 0.670. The average Bonchev–Trinajstić information content (AvgIpc) is 2.03. The van der Waals surface area contributed by atoms with Crippen molar-refractivity contribution in [2.45, 2.75) is 6.92 Å². The Morgan fingerprint density at radius 2 is 2.33 bits per heavy atom. The second-order valence-corrected chi connectivity index (χ2v) is 3.40. The molecule has 3 nitrogen and oxygen atoms in total. The minimum Gasteiger partial charge on any atom is -0.490 e. The van der Waals surface area contributed by atoms with Gasteiger partial charge in [0.25, 0.3) is 0 Å². The first-order valence-electron chi connectivity index (χ1n) is 3.70. The van der Waals surface area contributed by atoms with E-state index >= 15 is 0 Å². The number of hydrogen-bond donors (Lipinski definition) is 1. The van der Waals surface area contributed by atoms with E-state index in [2.05, 4.69) is 27.6 Å². The molecule has 0 amide bonds. The van der Waals surface area contributed by atoms with Gasteiger partial charge in [-0.15, -0.1) is 0 Å². The number of aromatic nitrogens is 1. The van der Waals surface area contributed by atoms with E-state index in [0.29, 0.717) is 13.2 Å². The third-order valence-electron chi connectivity index (χ3n) is 1.33. The van der Waals surface area contributed by atoms with E-state index in [9.17, 15) is 0 Å². The molecular formula is C8H11IN2O. The van der Waals surface area contributed by atoms with Crippen molar-refractivity contribution in [3.05, 3.63) is 21.5 Å². The summed E-state index contributed by atoms with van der Waals surface area (Å²) in [4.78, 5) is 4.25. The van der Waals surface area contributed by atoms with Crippen LogP contribution < -0.4 is 10.5 Å². The van der Waals surface area contributed by atoms with Crippen molar-refractivity contribution >= 4 is 22.6 Å². The highest BCUT2D eigenvalue weighted by Crippen LogP contribution is 2.18. The molecule has 1 aromatic rings. The van der Waals surface area contributed by atoms with E-state index in [0.717, 1.165) is 15.1 Å². The molecule has 0 fully saturated rings. The molecule has 0 bridgehead atoms. The lowest BCUT2D eigenvalue weighted by Gasteiger charge is -2.05. The summed E-state index contributed by atoms with van der Waals surface area (Å²) in [5, 5.41) is 0. The molecule has 4 heteroatoms. The van der Waals surface area contributed by atoms with Crippen LogP contribution in [0.3, 0.4) is 0 Å². The number of rotatable bonds is 3. The van der Waals surface area contributed by atoms with Crippen molar-refractivity contribution in [3.8, 4) is 5.75 Å². The molecule has 1 aromatic heterocycles. The summed E-state index contributed by atoms with van der Waals surface area (Å²) < 4.78 is 6.24. The molecule has 0 aliphatic rings. The molecular weight excluding hydrogens is 267 g/mol. The molecule has 1 rings (SSSR count). The monoisotopic (exact) mass is 278 g/mol. The number of nitrogens with zero attached hydrogens (tertiary/aromatic N) is 1. The molecule has 66 valence electrons. The zero-order valence-electron chi connectivity index (χ0n) is 6.88. The van der Waals surface area contributed by atoms with E-state index in [4.69, 9.17) is 10.5 Å². The molecule has 1 heterocycles. The van der Waals surface area contributed by atoms with Crippen molar-refractivity contribution in [2.75, 3.05) is 13.2 Å². The highest BCUT2D eigenvalue weighted by atomic mass is 127. The third kappa shape index (κ3) is 2.60. The highest BCUT2D eigenvalue weighted by molar-refractivity contribution is 14.1. The third-order valence-corrected chi connectivity index (χ3v) is 2.10. The molecule has 0 aromatic carbocycles. The molecule has 0 saturated heterocycles. The van der Waals surface area contributed by atoms with Crippen LogP contribution in [0.25, 0.3) is 0 Å². The minimum absolute atomic E-state index is 0.532. The Bertz CT molecular complexity index is 265. The fourth-order valence-corrected chi connectivity index (χ4v) is 1.50. The summed E-state index contributed by atoms with van der Waals surface area (Å²) >= 11 is 2.15. The summed E-state index contributed by atoms with van der Waals surface area (Å²) in [6, 6.07) is 3.84. The second-order valence-electron chi connectivity index (χ2n) is 2.38. The Balaban J connectivity index is 2.72. The fourth-order valence-electron chi connectivity index (χ4n) is 0.789. The van der Waals surface area contributed by atoms with Crippen LogP contribution in [0.4, 0.5) is 0 Å². The van der Waals surface area contributed by atoms with Crippen molar-refractivity contribution in [1.29, 1.82) is 0 Å². The van der Waals surface area contributed by atoms with Gasteiger partial charge in [-0.05, 0) is 41.6 Å². The van der Waals surface area contributed by atoms with Gasteiger partial charge in [-0.1, -0.05) is 0 Å². The van der Waals surface area contributed by atoms with Crippen LogP contribution >= 0.6 is 22.6 Å². The normalized spacial score (nSPS) is 9.92. The first-order valence-corrected chi connectivity index (χ1v) is 4.78. The second kappa shape index (κ2) is 4.61. The number of pyridine rings is 1. The maximum atomic E-state index is 5.35. The topological polar surface area (TPSA) is 48.1 Å². The molecule has 0 aliphatic heterocycles. The summed E-state index contributed by atoms with van der Waals surface area (Å²) in [6.07, 6.45) is 0. The van der Waals surface area contributed by atoms with Crippen LogP contribution in [0, 0.1) is 10.6 Å². The molecule has 0 radical (unpaired) electrons. The van der Waals surface area contributed by atoms with Crippen LogP contribution in [0.2, 0.25) is 0 Å². The minimum atomic E-state index is 0.532. The maximum absolute atomic E-state index is 5.35. The van der Waals surface area contributed by atoms with Crippen molar-refractivity contribution in [1.82, 2.24) is 4.98 Å². The maximum Gasteiger partial charge on any atom is 0.151 e. The zero-order valence-corrected chi connectivity index (χ0v) is 9.04. The molecule has 0 spiro atoms. The number of aryl methyl sites for hydroxylation is 1. The first kappa shape index (κ1) is 9.73. The smallest absolute Gasteiger partial charge is 0.151 e. The Labute approximate surface area is 85.5 Å². The Kier molecular flexibility index (Phi) is 3.74. The fraction of sp³-hybridized carbons (Fsp3) is 0.375. The summed E-state index contributed by atoms with van der Waals surface area (Å²) in [5.41, 5.74) is 6.31. The Hall–Kier alpha value is -0.360. The van der Waals surface area contributed by atoms with Crippen LogP contribution in [-0.2, 0) is 0 Å². The van der Waals surface area contributed by atoms with Crippen LogP contribution in [0.1, 0.15) is 5.69 Å². The van der Waals surface area contributed by atoms with Gasteiger partial charge in [0.05, 0.1) is 0 Å². The van der Waals surface area contributed by atoms with Gasteiger partial charge in [-0.25, -0.2) is 4.98 Å². The summed E-state index contributed by atoms with van der Waals surface area (Å²) in [5.74, 6) is 0.812. The van der Waals surface area contributed by atoms with Gasteiger partial charge >= 0.3 is 0 Å². The van der Waals surface area contributed by atoms with Crippen molar-refractivity contribution < 1.29 is 4.74 Å². The first-order chi connectivity index (χ1) is 5.74. The lowest BCUT2D eigenvalue weighted by atomic mass is 10.4. The number of hydrogen-bond acceptors (Lipinski definition) is 3. The molecule has 0 atom stereocenters. The number of nitrogens with two attached hydrogens (primary N) is 1. The van der Waals surface area contributed by atoms with E-state index in [1.807, 2.05) is 19.1 Å². The lowest BCUT2D eigenvalue weighted by Crippen LogP contribution is -2.11. The molecule has 0 unspecified atom stereocenters. The van der Waals surface area contributed by atoms with E-state index in [1.54, 1.807) is 0 Å². The van der Waals surface area contributed by atoms with Gasteiger partial charge < -0.3 is 10.5 Å². The van der Waals surface area contributed by atoms with E-state index in [1.165, 1.54) is 0 Å². The highest BCUT2D eigenvalue weighted by Gasteiger charge is 2.00. The number of halogens is 1. The zero-order chi connectivity index (χ0) is 8.97. The summed E-state index contributed by atoms with van der Waals surface area (Å²) in [7, 11) is 0. The molecule has 0 saturated carbocycles. The molecule has 2 N–H and O–H groups in total. The van der Waals surface area contributed by atoms with Crippen LogP contribution in [0.5, 0.6) is 5.75 Å². The van der Waals surface area contributed by atoms with E-state index < -0.39 is 0 Å². The van der Waals surface area contributed by atoms with Crippen molar-refractivity contribution in [2.24, 2.45) is 5.73 Å². The van der Waals surface area contributed by atoms with Crippen molar-refractivity contribution in [3.63, 3.8) is 0 Å². The van der Waals surface area contributed by atoms with Gasteiger partial charge in [-0.2, -0.15) is 0 Å². The largest absolute Gasteiger partial charge is 0.490 e. The predicted octanol–water partition coefficient (Wildman–Crippen LogP) is 1.33. The predicted molar refractivity (Wildman–Crippen MR) is 56.2 cm³/mol. The number of ether oxygens (including phenoxy) is 1. The lowest BCUT2D eigenvalue weighted by molar-refractivity contribution is 0.324. The van der Waals surface area contributed by atoms with Gasteiger partial charge in [0, 0.05) is 12.2 Å². The SMILES string of the molecule is Cc1ccc(OCCN)c(I)n1. The summed E-state index contributed by atoms with van der Waals surface area (Å²) in [6.45, 7) is 3.03. The standard InChI is InChI=1S/C8H11IN2O/c1-6-2-3-7(8(9)11-6)12-5-4-10/h2-3H,4-5,10H2,1H3.